The molecule has 1 aliphatic heterocycles. The topological polar surface area (TPSA) is 247 Å². The van der Waals surface area contributed by atoms with Crippen molar-refractivity contribution in [2.75, 3.05) is 91.0 Å². The molecular weight excluding hydrogens is 1150 g/mol. The number of anilines is 4. The smallest absolute Gasteiger partial charge is 1.00 e. The number of amidine groups is 1. The van der Waals surface area contributed by atoms with Crippen LogP contribution in [0.5, 0.6) is 11.5 Å². The van der Waals surface area contributed by atoms with Gasteiger partial charge in [0.2, 0.25) is 0 Å². The normalized spacial score (nSPS) is 10.2. The summed E-state index contributed by atoms with van der Waals surface area (Å²) in [5.41, 5.74) is 2.89. The Morgan fingerprint density at radius 3 is 1.33 bits per heavy atom. The summed E-state index contributed by atoms with van der Waals surface area (Å²) in [6.07, 6.45) is 5.39. The molecule has 6 aromatic rings. The minimum absolute atomic E-state index is 0. The van der Waals surface area contributed by atoms with E-state index in [2.05, 4.69) is 41.9 Å². The fourth-order valence-electron chi connectivity index (χ4n) is 5.79. The molecule has 2 aromatic heterocycles. The summed E-state index contributed by atoms with van der Waals surface area (Å²) in [7, 11) is 13.8. The van der Waals surface area contributed by atoms with Crippen LogP contribution in [0, 0.1) is 16.7 Å². The van der Waals surface area contributed by atoms with Gasteiger partial charge in [0, 0.05) is 56.4 Å². The molecular formula is C52H60Cl3FILiN11O7-. The molecule has 402 valence electrons. The quantitative estimate of drug-likeness (QED) is 0.0453. The Labute approximate surface area is 488 Å². The molecule has 0 atom stereocenters. The van der Waals surface area contributed by atoms with Gasteiger partial charge < -0.3 is 55.7 Å². The molecule has 0 radical (unpaired) electrons. The third-order valence-corrected chi connectivity index (χ3v) is 9.80. The summed E-state index contributed by atoms with van der Waals surface area (Å²) < 4.78 is 15.3. The van der Waals surface area contributed by atoms with Crippen LogP contribution in [0.3, 0.4) is 0 Å². The van der Waals surface area contributed by atoms with Crippen LogP contribution < -0.4 is 59.6 Å². The second kappa shape index (κ2) is 39.1. The Morgan fingerprint density at radius 2 is 1.03 bits per heavy atom. The zero-order valence-corrected chi connectivity index (χ0v) is 48.1. The second-order valence-electron chi connectivity index (χ2n) is 15.1. The van der Waals surface area contributed by atoms with Crippen molar-refractivity contribution in [2.45, 2.75) is 12.8 Å². The van der Waals surface area contributed by atoms with Crippen LogP contribution in [0.4, 0.5) is 23.0 Å². The number of methoxy groups -OCH3 is 2. The predicted molar refractivity (Wildman–Crippen MR) is 307 cm³/mol. The number of nitrogens with zero attached hydrogens (tertiary/aromatic N) is 5. The van der Waals surface area contributed by atoms with Crippen LogP contribution in [0.2, 0.25) is 10.0 Å². The average Bonchev–Trinajstić information content (AvgIpc) is 3.99. The van der Waals surface area contributed by atoms with E-state index in [1.807, 2.05) is 20.2 Å². The summed E-state index contributed by atoms with van der Waals surface area (Å²) in [6.45, 7) is 2.00. The number of ether oxygens (including phenoxy) is 3. The Bertz CT molecular complexity index is 2750. The van der Waals surface area contributed by atoms with Gasteiger partial charge in [-0.25, -0.2) is 9.97 Å². The van der Waals surface area contributed by atoms with E-state index < -0.39 is 23.6 Å². The number of hydrogen-bond donors (Lipinski definition) is 6. The average molecular weight is 1210 g/mol. The third kappa shape index (κ3) is 24.5. The molecule has 0 unspecified atom stereocenters. The Hall–Kier alpha value is -6.37. The molecule has 0 bridgehead atoms. The van der Waals surface area contributed by atoms with Crippen LogP contribution in [0.25, 0.3) is 5.32 Å². The largest absolute Gasteiger partial charge is 1.00 e. The van der Waals surface area contributed by atoms with Crippen molar-refractivity contribution in [3.63, 3.8) is 0 Å². The molecule has 1 aliphatic rings. The van der Waals surface area contributed by atoms with E-state index in [0.717, 1.165) is 13.2 Å². The molecule has 0 aliphatic carbocycles. The van der Waals surface area contributed by atoms with Crippen molar-refractivity contribution < 1.29 is 57.0 Å². The molecule has 0 saturated carbocycles. The summed E-state index contributed by atoms with van der Waals surface area (Å²) in [4.78, 5) is 60.7. The predicted octanol–water partition coefficient (Wildman–Crippen LogP) is 4.55. The monoisotopic (exact) mass is 1210 g/mol. The van der Waals surface area contributed by atoms with Gasteiger partial charge in [0.1, 0.15) is 29.0 Å². The first-order valence-corrected chi connectivity index (χ1v) is 22.7. The number of hydrogen-bond acceptors (Lipinski definition) is 12. The number of carbonyl (C=O) groups excluding carboxylic acids is 4. The minimum atomic E-state index is -0.478. The Morgan fingerprint density at radius 1 is 0.658 bits per heavy atom. The van der Waals surface area contributed by atoms with E-state index in [-0.39, 0.29) is 71.1 Å². The fraction of sp³-hybridized carbons (Fsp3) is 0.231. The van der Waals surface area contributed by atoms with Crippen molar-refractivity contribution in [1.29, 1.82) is 10.7 Å². The van der Waals surface area contributed by atoms with E-state index in [1.54, 1.807) is 118 Å². The van der Waals surface area contributed by atoms with Crippen LogP contribution >= 0.6 is 59.6 Å². The van der Waals surface area contributed by atoms with Gasteiger partial charge in [0.25, 0.3) is 23.6 Å². The van der Waals surface area contributed by atoms with Crippen molar-refractivity contribution in [3.8, 4) is 17.6 Å². The third-order valence-electron chi connectivity index (χ3n) is 9.35. The van der Waals surface area contributed by atoms with Crippen LogP contribution in [-0.2, 0) is 4.74 Å². The van der Waals surface area contributed by atoms with Crippen molar-refractivity contribution in [2.24, 2.45) is 0 Å². The number of carbonyl (C=O) groups is 4. The molecule has 1 saturated heterocycles. The number of aromatic nitrogens is 2. The molecule has 4 amide bonds. The second-order valence-corrected chi connectivity index (χ2v) is 16.0. The van der Waals surface area contributed by atoms with Gasteiger partial charge in [0.05, 0.1) is 58.4 Å². The number of halogens is 5. The molecule has 76 heavy (non-hydrogen) atoms. The molecule has 0 spiro atoms. The number of rotatable bonds is 11. The SMILES string of the molecule is C1CCOC1.CNC.COc1ccc(NC(=O)c2ccc(C#N)cc2)c(C(=O)Nc2ccc(Cl)cn2)c1.COc1ccc(NC(=O)c2ccc(C(=N)N(C)C)cc2)c(C(=O)Nc2ccc(Cl)cn2)c1.C[N-]C.Cl.I.[F-].[Li+]. The van der Waals surface area contributed by atoms with Gasteiger partial charge in [-0.2, -0.15) is 19.4 Å². The fourth-order valence-corrected chi connectivity index (χ4v) is 6.02. The first kappa shape index (κ1) is 71.7. The van der Waals surface area contributed by atoms with E-state index in [4.69, 9.17) is 48.1 Å². The number of pyridine rings is 2. The maximum absolute atomic E-state index is 12.9. The summed E-state index contributed by atoms with van der Waals surface area (Å²) in [5.74, 6) is 0.124. The number of benzene rings is 4. The maximum Gasteiger partial charge on any atom is 1.00 e. The van der Waals surface area contributed by atoms with E-state index in [1.165, 1.54) is 63.7 Å². The van der Waals surface area contributed by atoms with Gasteiger partial charge in [0.15, 0.2) is 0 Å². The first-order chi connectivity index (χ1) is 34.6. The first-order valence-electron chi connectivity index (χ1n) is 22.0. The summed E-state index contributed by atoms with van der Waals surface area (Å²) in [6, 6.07) is 30.7. The van der Waals surface area contributed by atoms with Gasteiger partial charge >= 0.3 is 18.9 Å². The summed E-state index contributed by atoms with van der Waals surface area (Å²) in [5, 5.41) is 34.8. The van der Waals surface area contributed by atoms with Crippen LogP contribution in [-0.4, -0.2) is 114 Å². The molecule has 1 fully saturated rings. The minimum Gasteiger partial charge on any atom is -1.00 e. The van der Waals surface area contributed by atoms with Crippen molar-refractivity contribution in [1.82, 2.24) is 20.2 Å². The molecule has 18 nitrogen and oxygen atoms in total. The zero-order valence-electron chi connectivity index (χ0n) is 43.4. The standard InChI is InChI=1S/C23H22ClN5O3.C21H15ClN4O3.C4H8O.C2H7N.C2H6N.ClH.FH.HI.Li/c1-29(2)21(25)14-4-6-15(7-5-14)22(30)27-19-10-9-17(32-3)12-18(19)23(31)28-20-11-8-16(24)13-26-20;1-29-16-7-8-18(25-20(27)14-4-2-13(11-23)3-5-14)17(10-16)21(28)26-19-9-6-15(22)12-24-19;1-2-4-5-3-1;2*1-3-2;;;;/h4-13,25H,1-3H3,(H,27,30)(H,26,28,31);2-10,12H,1H3,(H,25,27)(H,24,26,28);1-4H2;3H,1-2H3;1-2H3;3*1H;/q;;;;-1;;;;+1/p-1. The van der Waals surface area contributed by atoms with E-state index in [9.17, 15) is 19.2 Å². The molecule has 3 heterocycles. The Balaban J connectivity index is 0. The number of nitriles is 1. The molecule has 7 rings (SSSR count). The Kier molecular flexibility index (Phi) is 36.9. The number of amides is 4. The van der Waals surface area contributed by atoms with Crippen molar-refractivity contribution in [3.05, 3.63) is 170 Å². The molecule has 4 aromatic carbocycles. The zero-order chi connectivity index (χ0) is 53.0. The van der Waals surface area contributed by atoms with Crippen molar-refractivity contribution >= 4 is 112 Å². The maximum atomic E-state index is 12.9. The van der Waals surface area contributed by atoms with Gasteiger partial charge in [-0.3, -0.25) is 24.6 Å². The number of nitrogens with one attached hydrogen (secondary N) is 6. The van der Waals surface area contributed by atoms with Gasteiger partial charge in [-0.15, -0.1) is 36.4 Å². The molecule has 6 N–H and O–H groups in total. The summed E-state index contributed by atoms with van der Waals surface area (Å²) >= 11 is 11.6. The van der Waals surface area contributed by atoms with E-state index >= 15 is 0 Å². The molecule has 24 heteroatoms. The van der Waals surface area contributed by atoms with Gasteiger partial charge in [-0.05, 0) is 124 Å². The van der Waals surface area contributed by atoms with Gasteiger partial charge in [-0.1, -0.05) is 35.3 Å². The van der Waals surface area contributed by atoms with E-state index in [0.29, 0.717) is 72.6 Å². The van der Waals surface area contributed by atoms with Crippen LogP contribution in [0.15, 0.2) is 122 Å². The van der Waals surface area contributed by atoms with Crippen LogP contribution in [0.1, 0.15) is 65.4 Å².